The fraction of sp³-hybridized carbons (Fsp3) is 0.250. The number of aliphatic hydroxyl groups excluding tert-OH is 1. The molecule has 0 saturated carbocycles. The Bertz CT molecular complexity index is 603. The molecule has 0 spiro atoms. The van der Waals surface area contributed by atoms with Gasteiger partial charge in [-0.25, -0.2) is 4.39 Å². The predicted molar refractivity (Wildman–Crippen MR) is 77.6 cm³/mol. The maximum Gasteiger partial charge on any atom is 0.131 e. The van der Waals surface area contributed by atoms with Gasteiger partial charge in [-0.15, -0.1) is 0 Å². The molecule has 106 valence electrons. The molecule has 0 fully saturated rings. The molecule has 0 aliphatic carbocycles. The zero-order valence-corrected chi connectivity index (χ0v) is 12.2. The normalized spacial score (nSPS) is 10.7. The van der Waals surface area contributed by atoms with Crippen molar-refractivity contribution in [3.63, 3.8) is 0 Å². The lowest BCUT2D eigenvalue weighted by Gasteiger charge is -2.14. The van der Waals surface area contributed by atoms with Gasteiger partial charge in [-0.1, -0.05) is 29.8 Å². The second-order valence-electron chi connectivity index (χ2n) is 4.74. The molecule has 0 bridgehead atoms. The summed E-state index contributed by atoms with van der Waals surface area (Å²) in [5, 5.41) is 9.51. The molecule has 1 N–H and O–H groups in total. The van der Waals surface area contributed by atoms with Crippen LogP contribution in [-0.4, -0.2) is 5.11 Å². The van der Waals surface area contributed by atoms with Crippen LogP contribution in [0.15, 0.2) is 30.3 Å². The number of aryl methyl sites for hydroxylation is 2. The van der Waals surface area contributed by atoms with Gasteiger partial charge >= 0.3 is 0 Å². The van der Waals surface area contributed by atoms with Crippen LogP contribution in [-0.2, 0) is 13.2 Å². The smallest absolute Gasteiger partial charge is 0.131 e. The largest absolute Gasteiger partial charge is 0.488 e. The summed E-state index contributed by atoms with van der Waals surface area (Å²) in [5.74, 6) is 0.344. The molecule has 0 aromatic heterocycles. The van der Waals surface area contributed by atoms with Crippen LogP contribution in [0.25, 0.3) is 0 Å². The number of halogens is 2. The highest BCUT2D eigenvalue weighted by atomic mass is 35.5. The van der Waals surface area contributed by atoms with Gasteiger partial charge in [0.1, 0.15) is 18.2 Å². The van der Waals surface area contributed by atoms with Gasteiger partial charge in [-0.3, -0.25) is 0 Å². The third-order valence-corrected chi connectivity index (χ3v) is 3.32. The molecule has 2 rings (SSSR count). The zero-order valence-electron chi connectivity index (χ0n) is 11.4. The van der Waals surface area contributed by atoms with Gasteiger partial charge < -0.3 is 9.84 Å². The van der Waals surface area contributed by atoms with E-state index in [1.807, 2.05) is 26.0 Å². The Morgan fingerprint density at radius 2 is 1.80 bits per heavy atom. The number of aliphatic hydroxyl groups is 1. The Morgan fingerprint density at radius 1 is 1.15 bits per heavy atom. The van der Waals surface area contributed by atoms with Gasteiger partial charge in [-0.2, -0.15) is 0 Å². The summed E-state index contributed by atoms with van der Waals surface area (Å²) in [6.07, 6.45) is 0. The van der Waals surface area contributed by atoms with Crippen LogP contribution in [0.5, 0.6) is 5.75 Å². The first kappa shape index (κ1) is 14.8. The number of hydrogen-bond donors (Lipinski definition) is 1. The average molecular weight is 295 g/mol. The molecule has 0 aliphatic heterocycles. The third kappa shape index (κ3) is 3.30. The van der Waals surface area contributed by atoms with Crippen molar-refractivity contribution >= 4 is 11.6 Å². The van der Waals surface area contributed by atoms with E-state index in [4.69, 9.17) is 21.4 Å². The van der Waals surface area contributed by atoms with Gasteiger partial charge in [0.15, 0.2) is 0 Å². The summed E-state index contributed by atoms with van der Waals surface area (Å²) in [4.78, 5) is 0. The third-order valence-electron chi connectivity index (χ3n) is 3.09. The average Bonchev–Trinajstić information content (AvgIpc) is 2.39. The summed E-state index contributed by atoms with van der Waals surface area (Å²) in [6.45, 7) is 3.94. The number of hydrogen-bond acceptors (Lipinski definition) is 2. The molecule has 0 unspecified atom stereocenters. The highest BCUT2D eigenvalue weighted by Gasteiger charge is 2.09. The van der Waals surface area contributed by atoms with Gasteiger partial charge in [0.05, 0.1) is 6.61 Å². The van der Waals surface area contributed by atoms with Crippen LogP contribution in [0.1, 0.15) is 22.3 Å². The van der Waals surface area contributed by atoms with Crippen molar-refractivity contribution in [2.24, 2.45) is 0 Å². The van der Waals surface area contributed by atoms with Crippen LogP contribution in [0.4, 0.5) is 4.39 Å². The minimum Gasteiger partial charge on any atom is -0.488 e. The van der Waals surface area contributed by atoms with Crippen LogP contribution < -0.4 is 4.74 Å². The Labute approximate surface area is 122 Å². The van der Waals surface area contributed by atoms with Crippen molar-refractivity contribution in [1.29, 1.82) is 0 Å². The van der Waals surface area contributed by atoms with Crippen molar-refractivity contribution in [2.45, 2.75) is 27.1 Å². The Kier molecular flexibility index (Phi) is 4.63. The second-order valence-corrected chi connectivity index (χ2v) is 5.18. The molecule has 4 heteroatoms. The number of ether oxygens (including phenoxy) is 1. The van der Waals surface area contributed by atoms with E-state index < -0.39 is 0 Å². The summed E-state index contributed by atoms with van der Waals surface area (Å²) in [6, 6.07) is 8.25. The maximum absolute atomic E-state index is 13.7. The SMILES string of the molecule is Cc1cc(CO)cc(C)c1OCc1ccc(Cl)cc1F. The molecule has 0 heterocycles. The highest BCUT2D eigenvalue weighted by Crippen LogP contribution is 2.26. The molecule has 0 amide bonds. The van der Waals surface area contributed by atoms with Gasteiger partial charge in [-0.05, 0) is 42.7 Å². The van der Waals surface area contributed by atoms with Crippen LogP contribution in [0.2, 0.25) is 5.02 Å². The van der Waals surface area contributed by atoms with Crippen LogP contribution >= 0.6 is 11.6 Å². The molecule has 0 atom stereocenters. The number of rotatable bonds is 4. The first-order valence-corrected chi connectivity index (χ1v) is 6.66. The molecule has 0 aliphatic rings. The Morgan fingerprint density at radius 3 is 2.35 bits per heavy atom. The summed E-state index contributed by atoms with van der Waals surface area (Å²) < 4.78 is 19.4. The second kappa shape index (κ2) is 6.25. The van der Waals surface area contributed by atoms with E-state index >= 15 is 0 Å². The van der Waals surface area contributed by atoms with E-state index in [2.05, 4.69) is 0 Å². The van der Waals surface area contributed by atoms with Crippen molar-refractivity contribution in [2.75, 3.05) is 0 Å². The Hall–Kier alpha value is -1.58. The maximum atomic E-state index is 13.7. The minimum atomic E-state index is -0.375. The molecule has 20 heavy (non-hydrogen) atoms. The monoisotopic (exact) mass is 294 g/mol. The quantitative estimate of drug-likeness (QED) is 0.917. The highest BCUT2D eigenvalue weighted by molar-refractivity contribution is 6.30. The lowest BCUT2D eigenvalue weighted by molar-refractivity contribution is 0.279. The van der Waals surface area contributed by atoms with Crippen LogP contribution in [0, 0.1) is 19.7 Å². The first-order valence-electron chi connectivity index (χ1n) is 6.29. The molecular weight excluding hydrogens is 279 g/mol. The molecule has 0 saturated heterocycles. The van der Waals surface area contributed by atoms with Crippen molar-refractivity contribution in [1.82, 2.24) is 0 Å². The lowest BCUT2D eigenvalue weighted by Crippen LogP contribution is -2.02. The molecular formula is C16H16ClFO2. The predicted octanol–water partition coefficient (Wildman–Crippen LogP) is 4.17. The molecule has 2 aromatic rings. The van der Waals surface area contributed by atoms with E-state index in [0.717, 1.165) is 22.4 Å². The van der Waals surface area contributed by atoms with E-state index in [0.29, 0.717) is 10.6 Å². The molecule has 0 radical (unpaired) electrons. The first-order chi connectivity index (χ1) is 9.51. The number of benzene rings is 2. The molecule has 2 nitrogen and oxygen atoms in total. The fourth-order valence-corrected chi connectivity index (χ4v) is 2.31. The summed E-state index contributed by atoms with van der Waals surface area (Å²) >= 11 is 5.71. The summed E-state index contributed by atoms with van der Waals surface area (Å²) in [5.41, 5.74) is 3.14. The Balaban J connectivity index is 2.19. The van der Waals surface area contributed by atoms with Gasteiger partial charge in [0.25, 0.3) is 0 Å². The topological polar surface area (TPSA) is 29.5 Å². The molecule has 2 aromatic carbocycles. The van der Waals surface area contributed by atoms with E-state index in [1.165, 1.54) is 6.07 Å². The van der Waals surface area contributed by atoms with Crippen molar-refractivity contribution in [3.8, 4) is 5.75 Å². The van der Waals surface area contributed by atoms with E-state index in [1.54, 1.807) is 12.1 Å². The summed E-state index contributed by atoms with van der Waals surface area (Å²) in [7, 11) is 0. The van der Waals surface area contributed by atoms with E-state index in [9.17, 15) is 4.39 Å². The van der Waals surface area contributed by atoms with Crippen molar-refractivity contribution in [3.05, 3.63) is 63.4 Å². The van der Waals surface area contributed by atoms with Crippen LogP contribution in [0.3, 0.4) is 0 Å². The minimum absolute atomic E-state index is 0.00618. The van der Waals surface area contributed by atoms with Gasteiger partial charge in [0, 0.05) is 10.6 Å². The lowest BCUT2D eigenvalue weighted by atomic mass is 10.1. The zero-order chi connectivity index (χ0) is 14.7. The van der Waals surface area contributed by atoms with Gasteiger partial charge in [0.2, 0.25) is 0 Å². The van der Waals surface area contributed by atoms with E-state index in [-0.39, 0.29) is 19.0 Å². The standard InChI is InChI=1S/C16H16ClFO2/c1-10-5-12(8-19)6-11(2)16(10)20-9-13-3-4-14(17)7-15(13)18/h3-7,19H,8-9H2,1-2H3. The van der Waals surface area contributed by atoms with Crippen molar-refractivity contribution < 1.29 is 14.2 Å². The fourth-order valence-electron chi connectivity index (χ4n) is 2.15.